The number of hydrogen-bond acceptors (Lipinski definition) is 3. The number of ether oxygens (including phenoxy) is 1. The van der Waals surface area contributed by atoms with E-state index in [4.69, 9.17) is 4.74 Å². The van der Waals surface area contributed by atoms with Gasteiger partial charge >= 0.3 is 0 Å². The van der Waals surface area contributed by atoms with Crippen LogP contribution < -0.4 is 10.6 Å². The van der Waals surface area contributed by atoms with Gasteiger partial charge in [0.15, 0.2) is 0 Å². The lowest BCUT2D eigenvalue weighted by atomic mass is 10.1. The first-order valence-electron chi connectivity index (χ1n) is 6.46. The van der Waals surface area contributed by atoms with Crippen molar-refractivity contribution in [2.45, 2.75) is 50.7 Å². The van der Waals surface area contributed by atoms with E-state index in [2.05, 4.69) is 10.6 Å². The quantitative estimate of drug-likeness (QED) is 0.802. The fourth-order valence-corrected chi connectivity index (χ4v) is 2.44. The van der Waals surface area contributed by atoms with E-state index in [9.17, 15) is 4.79 Å². The normalized spacial score (nSPS) is 28.5. The maximum Gasteiger partial charge on any atom is 0.220 e. The molecule has 100 valence electrons. The van der Waals surface area contributed by atoms with E-state index in [1.807, 2.05) is 0 Å². The van der Waals surface area contributed by atoms with E-state index < -0.39 is 0 Å². The van der Waals surface area contributed by atoms with Crippen molar-refractivity contribution in [1.82, 2.24) is 10.6 Å². The number of hydrogen-bond donors (Lipinski definition) is 2. The molecular formula is C12H23ClN2O2. The Labute approximate surface area is 109 Å². The van der Waals surface area contributed by atoms with Crippen molar-refractivity contribution in [3.63, 3.8) is 0 Å². The molecule has 2 rings (SSSR count). The summed E-state index contributed by atoms with van der Waals surface area (Å²) >= 11 is 0. The van der Waals surface area contributed by atoms with Crippen LogP contribution in [-0.2, 0) is 9.53 Å². The van der Waals surface area contributed by atoms with Gasteiger partial charge in [0.05, 0.1) is 6.10 Å². The Morgan fingerprint density at radius 2 is 2.24 bits per heavy atom. The zero-order valence-electron chi connectivity index (χ0n) is 10.2. The van der Waals surface area contributed by atoms with Gasteiger partial charge < -0.3 is 15.4 Å². The molecule has 0 bridgehead atoms. The lowest BCUT2D eigenvalue weighted by Crippen LogP contribution is -2.45. The van der Waals surface area contributed by atoms with Crippen molar-refractivity contribution in [1.29, 1.82) is 0 Å². The maximum atomic E-state index is 11.7. The smallest absolute Gasteiger partial charge is 0.220 e. The summed E-state index contributed by atoms with van der Waals surface area (Å²) in [6, 6.07) is 0.339. The van der Waals surface area contributed by atoms with Crippen molar-refractivity contribution < 1.29 is 9.53 Å². The van der Waals surface area contributed by atoms with Crippen LogP contribution in [0.2, 0.25) is 0 Å². The predicted octanol–water partition coefficient (Wildman–Crippen LogP) is 1.24. The molecule has 0 aromatic heterocycles. The van der Waals surface area contributed by atoms with E-state index >= 15 is 0 Å². The average molecular weight is 263 g/mol. The lowest BCUT2D eigenvalue weighted by Gasteiger charge is -2.24. The number of amides is 1. The number of halogens is 1. The van der Waals surface area contributed by atoms with Crippen LogP contribution in [0.25, 0.3) is 0 Å². The Morgan fingerprint density at radius 1 is 1.35 bits per heavy atom. The number of rotatable bonds is 4. The summed E-state index contributed by atoms with van der Waals surface area (Å²) in [5, 5.41) is 6.38. The largest absolute Gasteiger partial charge is 0.378 e. The summed E-state index contributed by atoms with van der Waals surface area (Å²) in [7, 11) is 0. The summed E-state index contributed by atoms with van der Waals surface area (Å²) in [4.78, 5) is 11.7. The third-order valence-corrected chi connectivity index (χ3v) is 3.38. The van der Waals surface area contributed by atoms with Crippen LogP contribution in [0.3, 0.4) is 0 Å². The van der Waals surface area contributed by atoms with Crippen LogP contribution in [0.1, 0.15) is 38.5 Å². The van der Waals surface area contributed by atoms with Gasteiger partial charge in [-0.25, -0.2) is 0 Å². The first-order valence-corrected chi connectivity index (χ1v) is 6.46. The van der Waals surface area contributed by atoms with Gasteiger partial charge in [-0.1, -0.05) is 0 Å². The van der Waals surface area contributed by atoms with Gasteiger partial charge in [-0.2, -0.15) is 0 Å². The number of carbonyl (C=O) groups excluding carboxylic acids is 1. The topological polar surface area (TPSA) is 50.4 Å². The summed E-state index contributed by atoms with van der Waals surface area (Å²) < 4.78 is 5.50. The Hall–Kier alpha value is -0.320. The van der Waals surface area contributed by atoms with Crippen molar-refractivity contribution in [3.05, 3.63) is 0 Å². The molecule has 2 fully saturated rings. The van der Waals surface area contributed by atoms with Gasteiger partial charge in [0.2, 0.25) is 5.91 Å². The average Bonchev–Trinajstić information content (AvgIpc) is 2.81. The summed E-state index contributed by atoms with van der Waals surface area (Å²) in [5.74, 6) is 0.184. The highest BCUT2D eigenvalue weighted by Gasteiger charge is 2.19. The van der Waals surface area contributed by atoms with Crippen LogP contribution in [-0.4, -0.2) is 37.7 Å². The molecule has 2 saturated heterocycles. The molecule has 5 heteroatoms. The van der Waals surface area contributed by atoms with Crippen LogP contribution in [0.4, 0.5) is 0 Å². The molecule has 0 spiro atoms. The van der Waals surface area contributed by atoms with Gasteiger partial charge in [-0.15, -0.1) is 12.4 Å². The minimum atomic E-state index is 0. The molecule has 0 aromatic rings. The molecule has 0 saturated carbocycles. The number of carbonyl (C=O) groups is 1. The minimum Gasteiger partial charge on any atom is -0.378 e. The molecule has 4 nitrogen and oxygen atoms in total. The van der Waals surface area contributed by atoms with E-state index in [1.165, 1.54) is 0 Å². The Morgan fingerprint density at radius 3 is 2.88 bits per heavy atom. The van der Waals surface area contributed by atoms with Crippen LogP contribution in [0.15, 0.2) is 0 Å². The van der Waals surface area contributed by atoms with Crippen LogP contribution in [0.5, 0.6) is 0 Å². The first kappa shape index (κ1) is 14.7. The lowest BCUT2D eigenvalue weighted by molar-refractivity contribution is -0.122. The predicted molar refractivity (Wildman–Crippen MR) is 69.5 cm³/mol. The van der Waals surface area contributed by atoms with Gasteiger partial charge in [-0.05, 0) is 38.6 Å². The Bertz CT molecular complexity index is 227. The second-order valence-electron chi connectivity index (χ2n) is 4.78. The van der Waals surface area contributed by atoms with E-state index in [0.717, 1.165) is 51.8 Å². The van der Waals surface area contributed by atoms with Gasteiger partial charge in [0.25, 0.3) is 0 Å². The highest BCUT2D eigenvalue weighted by atomic mass is 35.5. The van der Waals surface area contributed by atoms with Gasteiger partial charge in [0, 0.05) is 25.6 Å². The molecule has 0 radical (unpaired) electrons. The molecular weight excluding hydrogens is 240 g/mol. The number of nitrogens with one attached hydrogen (secondary N) is 2. The molecule has 2 atom stereocenters. The zero-order chi connectivity index (χ0) is 11.2. The maximum absolute atomic E-state index is 11.7. The monoisotopic (exact) mass is 262 g/mol. The first-order chi connectivity index (χ1) is 7.84. The summed E-state index contributed by atoms with van der Waals surface area (Å²) in [6.45, 7) is 2.88. The van der Waals surface area contributed by atoms with E-state index in [-0.39, 0.29) is 18.3 Å². The summed E-state index contributed by atoms with van der Waals surface area (Å²) in [5.41, 5.74) is 0. The number of piperidine rings is 1. The third-order valence-electron chi connectivity index (χ3n) is 3.38. The highest BCUT2D eigenvalue weighted by Crippen LogP contribution is 2.16. The molecule has 1 unspecified atom stereocenters. The fraction of sp³-hybridized carbons (Fsp3) is 0.917. The van der Waals surface area contributed by atoms with Crippen LogP contribution in [0, 0.1) is 0 Å². The SMILES string of the molecule is Cl.O=C(CCC1CCCO1)N[C@@H]1CCCNC1. The Kier molecular flexibility index (Phi) is 6.85. The molecule has 17 heavy (non-hydrogen) atoms. The molecule has 2 N–H and O–H groups in total. The molecule has 0 aromatic carbocycles. The fourth-order valence-electron chi connectivity index (χ4n) is 2.44. The van der Waals surface area contributed by atoms with E-state index in [1.54, 1.807) is 0 Å². The standard InChI is InChI=1S/C12H22N2O2.ClH/c15-12(6-5-11-4-2-8-16-11)14-10-3-1-7-13-9-10;/h10-11,13H,1-9H2,(H,14,15);1H/t10-,11?;/m1./s1. The molecule has 2 aliphatic heterocycles. The van der Waals surface area contributed by atoms with Crippen molar-refractivity contribution >= 4 is 18.3 Å². The molecule has 2 heterocycles. The third kappa shape index (κ3) is 5.23. The highest BCUT2D eigenvalue weighted by molar-refractivity contribution is 5.85. The zero-order valence-corrected chi connectivity index (χ0v) is 11.1. The van der Waals surface area contributed by atoms with Crippen molar-refractivity contribution in [2.75, 3.05) is 19.7 Å². The van der Waals surface area contributed by atoms with Crippen molar-refractivity contribution in [3.8, 4) is 0 Å². The molecule has 1 amide bonds. The van der Waals surface area contributed by atoms with Crippen LogP contribution >= 0.6 is 12.4 Å². The molecule has 0 aliphatic carbocycles. The second kappa shape index (κ2) is 7.90. The van der Waals surface area contributed by atoms with Crippen molar-refractivity contribution in [2.24, 2.45) is 0 Å². The van der Waals surface area contributed by atoms with Gasteiger partial charge in [-0.3, -0.25) is 4.79 Å². The summed E-state index contributed by atoms with van der Waals surface area (Å²) in [6.07, 6.45) is 6.37. The van der Waals surface area contributed by atoms with E-state index in [0.29, 0.717) is 18.6 Å². The minimum absolute atomic E-state index is 0. The second-order valence-corrected chi connectivity index (χ2v) is 4.78. The molecule has 2 aliphatic rings. The Balaban J connectivity index is 0.00000144. The van der Waals surface area contributed by atoms with Gasteiger partial charge in [0.1, 0.15) is 0 Å².